The van der Waals surface area contributed by atoms with Gasteiger partial charge in [-0.1, -0.05) is 18.2 Å². The van der Waals surface area contributed by atoms with Gasteiger partial charge >= 0.3 is 5.97 Å². The van der Waals surface area contributed by atoms with Crippen molar-refractivity contribution in [2.75, 3.05) is 18.1 Å². The smallest absolute Gasteiger partial charge is 0.338 e. The van der Waals surface area contributed by atoms with Crippen LogP contribution in [0.5, 0.6) is 0 Å². The molecule has 0 fully saturated rings. The van der Waals surface area contributed by atoms with Crippen molar-refractivity contribution in [3.63, 3.8) is 0 Å². The Bertz CT molecular complexity index is 878. The minimum Gasteiger partial charge on any atom is -0.452 e. The fourth-order valence-electron chi connectivity index (χ4n) is 3.04. The van der Waals surface area contributed by atoms with E-state index in [0.29, 0.717) is 30.6 Å². The van der Waals surface area contributed by atoms with Crippen molar-refractivity contribution in [3.8, 4) is 0 Å². The van der Waals surface area contributed by atoms with Crippen LogP contribution in [0.1, 0.15) is 27.9 Å². The lowest BCUT2D eigenvalue weighted by Gasteiger charge is -2.29. The molecule has 1 heterocycles. The molecule has 7 nitrogen and oxygen atoms in total. The summed E-state index contributed by atoms with van der Waals surface area (Å²) in [6, 6.07) is 11.5. The Morgan fingerprint density at radius 2 is 2.00 bits per heavy atom. The molecule has 0 aliphatic carbocycles. The predicted molar refractivity (Wildman–Crippen MR) is 95.2 cm³/mol. The number of hydrogen-bond donors (Lipinski definition) is 0. The van der Waals surface area contributed by atoms with Crippen molar-refractivity contribution in [1.82, 2.24) is 0 Å². The van der Waals surface area contributed by atoms with Crippen LogP contribution in [0.3, 0.4) is 0 Å². The summed E-state index contributed by atoms with van der Waals surface area (Å²) in [5, 5.41) is 10.9. The maximum atomic E-state index is 12.5. The lowest BCUT2D eigenvalue weighted by atomic mass is 10.0. The predicted octanol–water partition coefficient (Wildman–Crippen LogP) is 3.04. The highest BCUT2D eigenvalue weighted by Crippen LogP contribution is 2.30. The molecule has 0 aromatic heterocycles. The van der Waals surface area contributed by atoms with E-state index in [2.05, 4.69) is 0 Å². The summed E-state index contributed by atoms with van der Waals surface area (Å²) in [5.41, 5.74) is 2.60. The quantitative estimate of drug-likeness (QED) is 0.478. The summed E-state index contributed by atoms with van der Waals surface area (Å²) in [6.45, 7) is 1.92. The van der Waals surface area contributed by atoms with Crippen LogP contribution in [-0.2, 0) is 16.0 Å². The van der Waals surface area contributed by atoms with Gasteiger partial charge in [-0.3, -0.25) is 14.9 Å². The lowest BCUT2D eigenvalue weighted by molar-refractivity contribution is -0.384. The fourth-order valence-corrected chi connectivity index (χ4v) is 3.04. The number of carbonyl (C=O) groups is 2. The number of amides is 1. The molecule has 3 rings (SSSR count). The fraction of sp³-hybridized carbons (Fsp3) is 0.263. The molecule has 0 N–H and O–H groups in total. The van der Waals surface area contributed by atoms with Crippen molar-refractivity contribution in [2.24, 2.45) is 0 Å². The minimum atomic E-state index is -0.544. The van der Waals surface area contributed by atoms with Gasteiger partial charge in [-0.05, 0) is 43.0 Å². The normalized spacial score (nSPS) is 13.0. The van der Waals surface area contributed by atoms with Gasteiger partial charge in [0.05, 0.1) is 10.5 Å². The zero-order valence-electron chi connectivity index (χ0n) is 14.3. The maximum Gasteiger partial charge on any atom is 0.338 e. The largest absolute Gasteiger partial charge is 0.452 e. The molecule has 2 aromatic carbocycles. The number of non-ortho nitro benzene ring substituents is 1. The monoisotopic (exact) mass is 354 g/mol. The van der Waals surface area contributed by atoms with Crippen LogP contribution in [0.4, 0.5) is 11.4 Å². The van der Waals surface area contributed by atoms with E-state index in [1.54, 1.807) is 31.2 Å². The van der Waals surface area contributed by atoms with E-state index in [1.165, 1.54) is 17.0 Å². The van der Waals surface area contributed by atoms with E-state index >= 15 is 0 Å². The van der Waals surface area contributed by atoms with E-state index < -0.39 is 10.9 Å². The van der Waals surface area contributed by atoms with Crippen molar-refractivity contribution in [3.05, 3.63) is 69.3 Å². The van der Waals surface area contributed by atoms with E-state index in [-0.39, 0.29) is 18.2 Å². The molecule has 2 aromatic rings. The molecule has 0 bridgehead atoms. The first-order valence-electron chi connectivity index (χ1n) is 8.28. The van der Waals surface area contributed by atoms with Gasteiger partial charge in [-0.2, -0.15) is 0 Å². The number of hydrogen-bond acceptors (Lipinski definition) is 5. The van der Waals surface area contributed by atoms with Gasteiger partial charge in [0, 0.05) is 24.4 Å². The number of benzene rings is 2. The lowest BCUT2D eigenvalue weighted by Crippen LogP contribution is -2.38. The third-order valence-electron chi connectivity index (χ3n) is 4.39. The molecule has 0 radical (unpaired) electrons. The molecule has 134 valence electrons. The highest BCUT2D eigenvalue weighted by Gasteiger charge is 2.25. The van der Waals surface area contributed by atoms with Gasteiger partial charge in [-0.15, -0.1) is 0 Å². The van der Waals surface area contributed by atoms with Crippen LogP contribution < -0.4 is 4.90 Å². The average Bonchev–Trinajstić information content (AvgIpc) is 2.65. The van der Waals surface area contributed by atoms with Crippen LogP contribution >= 0.6 is 0 Å². The summed E-state index contributed by atoms with van der Waals surface area (Å²) < 4.78 is 5.16. The number of ether oxygens (including phenoxy) is 1. The van der Waals surface area contributed by atoms with E-state index in [4.69, 9.17) is 4.74 Å². The van der Waals surface area contributed by atoms with Crippen LogP contribution in [0.15, 0.2) is 42.5 Å². The minimum absolute atomic E-state index is 0.00373. The van der Waals surface area contributed by atoms with Crippen LogP contribution in [0.2, 0.25) is 0 Å². The Balaban J connectivity index is 1.71. The molecule has 0 saturated heterocycles. The number of aryl methyl sites for hydroxylation is 2. The Morgan fingerprint density at radius 1 is 1.23 bits per heavy atom. The summed E-state index contributed by atoms with van der Waals surface area (Å²) >= 11 is 0. The molecule has 7 heteroatoms. The van der Waals surface area contributed by atoms with Gasteiger partial charge < -0.3 is 9.64 Å². The van der Waals surface area contributed by atoms with Gasteiger partial charge in [0.1, 0.15) is 0 Å². The zero-order valence-corrected chi connectivity index (χ0v) is 14.3. The number of esters is 1. The van der Waals surface area contributed by atoms with Crippen molar-refractivity contribution in [2.45, 2.75) is 19.8 Å². The van der Waals surface area contributed by atoms with Gasteiger partial charge in [-0.25, -0.2) is 4.79 Å². The third kappa shape index (κ3) is 3.56. The van der Waals surface area contributed by atoms with Crippen LogP contribution in [-0.4, -0.2) is 30.0 Å². The first-order chi connectivity index (χ1) is 12.5. The summed E-state index contributed by atoms with van der Waals surface area (Å²) in [7, 11) is 0. The van der Waals surface area contributed by atoms with Gasteiger partial charge in [0.2, 0.25) is 0 Å². The number of carbonyl (C=O) groups excluding carboxylic acids is 2. The first kappa shape index (κ1) is 17.6. The number of fused-ring (bicyclic) bond motifs is 1. The SMILES string of the molecule is Cc1ccccc1C(=O)OCC(=O)N1CCCc2cc([N+](=O)[O-])ccc21. The molecule has 26 heavy (non-hydrogen) atoms. The topological polar surface area (TPSA) is 89.8 Å². The molecule has 1 aliphatic rings. The van der Waals surface area contributed by atoms with Crippen molar-refractivity contribution in [1.29, 1.82) is 0 Å². The highest BCUT2D eigenvalue weighted by molar-refractivity contribution is 5.98. The second-order valence-electron chi connectivity index (χ2n) is 6.11. The maximum absolute atomic E-state index is 12.5. The van der Waals surface area contributed by atoms with Gasteiger partial charge in [0.25, 0.3) is 11.6 Å². The van der Waals surface area contributed by atoms with Crippen molar-refractivity contribution >= 4 is 23.3 Å². The Kier molecular flexibility index (Phi) is 4.97. The Hall–Kier alpha value is -3.22. The Morgan fingerprint density at radius 3 is 2.73 bits per heavy atom. The molecular formula is C19H18N2O5. The average molecular weight is 354 g/mol. The van der Waals surface area contributed by atoms with Crippen LogP contribution in [0, 0.1) is 17.0 Å². The standard InChI is InChI=1S/C19H18N2O5/c1-13-5-2-3-7-16(13)19(23)26-12-18(22)20-10-4-6-14-11-15(21(24)25)8-9-17(14)20/h2-3,5,7-9,11H,4,6,10,12H2,1H3. The first-order valence-corrected chi connectivity index (χ1v) is 8.28. The summed E-state index contributed by atoms with van der Waals surface area (Å²) in [6.07, 6.45) is 1.37. The number of nitro groups is 1. The number of rotatable bonds is 4. The van der Waals surface area contributed by atoms with E-state index in [9.17, 15) is 19.7 Å². The summed E-state index contributed by atoms with van der Waals surface area (Å²) in [5.74, 6) is -0.890. The number of nitrogens with zero attached hydrogens (tertiary/aromatic N) is 2. The van der Waals surface area contributed by atoms with Gasteiger partial charge in [0.15, 0.2) is 6.61 Å². The molecule has 0 spiro atoms. The number of anilines is 1. The molecule has 0 atom stereocenters. The molecule has 1 amide bonds. The Labute approximate surface area is 150 Å². The second kappa shape index (κ2) is 7.35. The molecule has 0 saturated carbocycles. The summed E-state index contributed by atoms with van der Waals surface area (Å²) in [4.78, 5) is 36.6. The third-order valence-corrected chi connectivity index (χ3v) is 4.39. The highest BCUT2D eigenvalue weighted by atomic mass is 16.6. The number of nitro benzene ring substituents is 1. The van der Waals surface area contributed by atoms with Crippen LogP contribution in [0.25, 0.3) is 0 Å². The molecule has 1 aliphatic heterocycles. The zero-order chi connectivity index (χ0) is 18.7. The van der Waals surface area contributed by atoms with E-state index in [1.807, 2.05) is 6.07 Å². The van der Waals surface area contributed by atoms with Crippen molar-refractivity contribution < 1.29 is 19.2 Å². The second-order valence-corrected chi connectivity index (χ2v) is 6.11. The molecular weight excluding hydrogens is 336 g/mol. The van der Waals surface area contributed by atoms with E-state index in [0.717, 1.165) is 11.1 Å². The molecule has 0 unspecified atom stereocenters.